The van der Waals surface area contributed by atoms with Crippen molar-refractivity contribution < 1.29 is 18.3 Å². The first kappa shape index (κ1) is 18.4. The van der Waals surface area contributed by atoms with Crippen molar-refractivity contribution in [2.24, 2.45) is 5.92 Å². The predicted octanol–water partition coefficient (Wildman–Crippen LogP) is 4.22. The Kier molecular flexibility index (Phi) is 6.21. The number of para-hydroxylation sites is 1. The topological polar surface area (TPSA) is 29.5 Å². The van der Waals surface area contributed by atoms with Gasteiger partial charge in [-0.2, -0.15) is 0 Å². The maximum atomic E-state index is 13.7. The number of carbonyl (C=O) groups excluding carboxylic acids is 1. The van der Waals surface area contributed by atoms with Crippen molar-refractivity contribution in [3.05, 3.63) is 65.7 Å². The van der Waals surface area contributed by atoms with Crippen LogP contribution in [0.4, 0.5) is 8.78 Å². The zero-order valence-electron chi connectivity index (χ0n) is 14.7. The van der Waals surface area contributed by atoms with Gasteiger partial charge in [-0.1, -0.05) is 30.3 Å². The lowest BCUT2D eigenvalue weighted by molar-refractivity contribution is -0.131. The summed E-state index contributed by atoms with van der Waals surface area (Å²) in [6, 6.07) is 12.8. The number of hydrogen-bond acceptors (Lipinski definition) is 2. The first-order chi connectivity index (χ1) is 12.6. The fourth-order valence-corrected chi connectivity index (χ4v) is 3.28. The van der Waals surface area contributed by atoms with Gasteiger partial charge in [0.05, 0.1) is 13.0 Å². The van der Waals surface area contributed by atoms with Gasteiger partial charge in [0.1, 0.15) is 5.82 Å². The molecule has 0 atom stereocenters. The molecule has 1 saturated heterocycles. The molecule has 0 bridgehead atoms. The van der Waals surface area contributed by atoms with Gasteiger partial charge >= 0.3 is 0 Å². The minimum Gasteiger partial charge on any atom is -0.491 e. The number of rotatable bonds is 6. The average Bonchev–Trinajstić information content (AvgIpc) is 2.66. The van der Waals surface area contributed by atoms with Gasteiger partial charge in [0.2, 0.25) is 5.91 Å². The average molecular weight is 359 g/mol. The van der Waals surface area contributed by atoms with Crippen molar-refractivity contribution in [2.75, 3.05) is 19.7 Å². The minimum absolute atomic E-state index is 0.0313. The second-order valence-electron chi connectivity index (χ2n) is 6.66. The molecule has 0 spiro atoms. The van der Waals surface area contributed by atoms with Crippen LogP contribution in [0.2, 0.25) is 0 Å². The highest BCUT2D eigenvalue weighted by molar-refractivity contribution is 5.78. The summed E-state index contributed by atoms with van der Waals surface area (Å²) in [5.74, 6) is 0.0301. The molecule has 2 aromatic carbocycles. The number of hydrogen-bond donors (Lipinski definition) is 0. The third-order valence-electron chi connectivity index (χ3n) is 4.89. The van der Waals surface area contributed by atoms with E-state index in [4.69, 9.17) is 4.74 Å². The molecule has 0 aliphatic carbocycles. The van der Waals surface area contributed by atoms with E-state index in [1.165, 1.54) is 12.1 Å². The molecular formula is C21H23F2NO2. The van der Waals surface area contributed by atoms with Crippen molar-refractivity contribution in [3.63, 3.8) is 0 Å². The summed E-state index contributed by atoms with van der Waals surface area (Å²) in [6.07, 6.45) is 2.73. The smallest absolute Gasteiger partial charge is 0.227 e. The van der Waals surface area contributed by atoms with Gasteiger partial charge in [0.25, 0.3) is 0 Å². The van der Waals surface area contributed by atoms with Crippen LogP contribution >= 0.6 is 0 Å². The van der Waals surface area contributed by atoms with E-state index < -0.39 is 0 Å². The SMILES string of the molecule is O=C(Cc1ccccc1F)N1CCC(CCOc2ccccc2F)CC1. The van der Waals surface area contributed by atoms with Crippen molar-refractivity contribution in [3.8, 4) is 5.75 Å². The highest BCUT2D eigenvalue weighted by Crippen LogP contribution is 2.23. The second kappa shape index (κ2) is 8.79. The van der Waals surface area contributed by atoms with Crippen LogP contribution in [0, 0.1) is 17.6 Å². The van der Waals surface area contributed by atoms with E-state index in [1.54, 1.807) is 41.3 Å². The monoisotopic (exact) mass is 359 g/mol. The van der Waals surface area contributed by atoms with Crippen LogP contribution in [0.25, 0.3) is 0 Å². The van der Waals surface area contributed by atoms with Gasteiger partial charge in [-0.05, 0) is 48.9 Å². The van der Waals surface area contributed by atoms with E-state index in [0.717, 1.165) is 19.3 Å². The number of carbonyl (C=O) groups is 1. The Morgan fingerprint density at radius 3 is 2.35 bits per heavy atom. The zero-order chi connectivity index (χ0) is 18.4. The van der Waals surface area contributed by atoms with E-state index in [9.17, 15) is 13.6 Å². The largest absolute Gasteiger partial charge is 0.491 e. The molecule has 1 heterocycles. The van der Waals surface area contributed by atoms with Crippen LogP contribution in [0.15, 0.2) is 48.5 Å². The van der Waals surface area contributed by atoms with E-state index in [1.807, 2.05) is 0 Å². The van der Waals surface area contributed by atoms with Gasteiger partial charge in [0.15, 0.2) is 11.6 Å². The molecule has 138 valence electrons. The van der Waals surface area contributed by atoms with Gasteiger partial charge < -0.3 is 9.64 Å². The van der Waals surface area contributed by atoms with E-state index in [0.29, 0.717) is 31.2 Å². The fourth-order valence-electron chi connectivity index (χ4n) is 3.28. The number of ether oxygens (including phenoxy) is 1. The molecule has 3 rings (SSSR count). The minimum atomic E-state index is -0.346. The molecule has 1 aliphatic rings. The summed E-state index contributed by atoms with van der Waals surface area (Å²) in [5.41, 5.74) is 0.443. The third-order valence-corrected chi connectivity index (χ3v) is 4.89. The number of piperidine rings is 1. The molecule has 0 aromatic heterocycles. The lowest BCUT2D eigenvalue weighted by Crippen LogP contribution is -2.39. The van der Waals surface area contributed by atoms with Gasteiger partial charge in [-0.25, -0.2) is 8.78 Å². The van der Waals surface area contributed by atoms with Crippen LogP contribution in [-0.4, -0.2) is 30.5 Å². The Labute approximate surface area is 152 Å². The lowest BCUT2D eigenvalue weighted by atomic mass is 9.93. The molecule has 1 fully saturated rings. The van der Waals surface area contributed by atoms with Crippen molar-refractivity contribution in [2.45, 2.75) is 25.7 Å². The Morgan fingerprint density at radius 2 is 1.65 bits per heavy atom. The highest BCUT2D eigenvalue weighted by Gasteiger charge is 2.23. The van der Waals surface area contributed by atoms with E-state index in [2.05, 4.69) is 0 Å². The molecule has 0 radical (unpaired) electrons. The summed E-state index contributed by atoms with van der Waals surface area (Å²) >= 11 is 0. The maximum Gasteiger partial charge on any atom is 0.227 e. The van der Waals surface area contributed by atoms with Crippen LogP contribution in [-0.2, 0) is 11.2 Å². The number of halogens is 2. The molecule has 0 saturated carbocycles. The second-order valence-corrected chi connectivity index (χ2v) is 6.66. The van der Waals surface area contributed by atoms with Crippen LogP contribution < -0.4 is 4.74 Å². The fraction of sp³-hybridized carbons (Fsp3) is 0.381. The Hall–Kier alpha value is -2.43. The summed E-state index contributed by atoms with van der Waals surface area (Å²) in [7, 11) is 0. The van der Waals surface area contributed by atoms with Crippen molar-refractivity contribution in [1.29, 1.82) is 0 Å². The molecule has 1 amide bonds. The Bertz CT molecular complexity index is 742. The highest BCUT2D eigenvalue weighted by atomic mass is 19.1. The molecule has 1 aliphatic heterocycles. The maximum absolute atomic E-state index is 13.7. The third kappa shape index (κ3) is 4.81. The number of benzene rings is 2. The molecule has 0 unspecified atom stereocenters. The van der Waals surface area contributed by atoms with E-state index in [-0.39, 0.29) is 29.7 Å². The summed E-state index contributed by atoms with van der Waals surface area (Å²) in [6.45, 7) is 1.82. The Balaban J connectivity index is 1.40. The van der Waals surface area contributed by atoms with Crippen molar-refractivity contribution >= 4 is 5.91 Å². The molecule has 5 heteroatoms. The zero-order valence-corrected chi connectivity index (χ0v) is 14.7. The standard InChI is InChI=1S/C21H23F2NO2/c22-18-6-2-1-5-17(18)15-21(25)24-12-9-16(10-13-24)11-14-26-20-8-4-3-7-19(20)23/h1-8,16H,9-15H2. The van der Waals surface area contributed by atoms with Crippen LogP contribution in [0.3, 0.4) is 0 Å². The Morgan fingerprint density at radius 1 is 1.00 bits per heavy atom. The summed E-state index contributed by atoms with van der Waals surface area (Å²) < 4.78 is 32.7. The van der Waals surface area contributed by atoms with Gasteiger partial charge in [-0.3, -0.25) is 4.79 Å². The van der Waals surface area contributed by atoms with E-state index >= 15 is 0 Å². The molecular weight excluding hydrogens is 336 g/mol. The molecule has 26 heavy (non-hydrogen) atoms. The molecule has 0 N–H and O–H groups in total. The number of nitrogens with zero attached hydrogens (tertiary/aromatic N) is 1. The summed E-state index contributed by atoms with van der Waals surface area (Å²) in [4.78, 5) is 14.2. The predicted molar refractivity (Wildman–Crippen MR) is 95.9 cm³/mol. The van der Waals surface area contributed by atoms with Crippen molar-refractivity contribution in [1.82, 2.24) is 4.90 Å². The quantitative estimate of drug-likeness (QED) is 0.773. The van der Waals surface area contributed by atoms with Crippen LogP contribution in [0.5, 0.6) is 5.75 Å². The van der Waals surface area contributed by atoms with Gasteiger partial charge in [0, 0.05) is 13.1 Å². The van der Waals surface area contributed by atoms with Crippen LogP contribution in [0.1, 0.15) is 24.8 Å². The lowest BCUT2D eigenvalue weighted by Gasteiger charge is -2.32. The molecule has 2 aromatic rings. The normalized spacial score (nSPS) is 15.1. The number of likely N-dealkylation sites (tertiary alicyclic amines) is 1. The molecule has 3 nitrogen and oxygen atoms in total. The first-order valence-electron chi connectivity index (χ1n) is 9.02. The summed E-state index contributed by atoms with van der Waals surface area (Å²) in [5, 5.41) is 0. The first-order valence-corrected chi connectivity index (χ1v) is 9.02. The van der Waals surface area contributed by atoms with Gasteiger partial charge in [-0.15, -0.1) is 0 Å². The number of amides is 1.